The number of amides is 1. The molecule has 0 unspecified atom stereocenters. The van der Waals surface area contributed by atoms with Gasteiger partial charge in [0.15, 0.2) is 5.16 Å². The summed E-state index contributed by atoms with van der Waals surface area (Å²) in [5.74, 6) is 1.05. The highest BCUT2D eigenvalue weighted by atomic mass is 32.2. The number of aryl methyl sites for hydroxylation is 2. The van der Waals surface area contributed by atoms with Crippen molar-refractivity contribution < 1.29 is 9.21 Å². The summed E-state index contributed by atoms with van der Waals surface area (Å²) in [7, 11) is 0. The largest absolute Gasteiger partial charge is 0.467 e. The number of aromatic nitrogens is 4. The molecule has 1 amide bonds. The number of nitrogens with one attached hydrogen (secondary N) is 1. The highest BCUT2D eigenvalue weighted by Crippen LogP contribution is 2.35. The number of nitrogens with zero attached hydrogens (tertiary/aromatic N) is 4. The Bertz CT molecular complexity index is 2140. The molecule has 1 N–H and O–H groups in total. The number of thiophene rings is 2. The topological polar surface area (TPSA) is 94.4 Å². The van der Waals surface area contributed by atoms with Gasteiger partial charge in [0.1, 0.15) is 27.7 Å². The summed E-state index contributed by atoms with van der Waals surface area (Å²) in [5.41, 5.74) is 5.32. The summed E-state index contributed by atoms with van der Waals surface area (Å²) >= 11 is 4.24. The molecule has 6 aromatic heterocycles. The van der Waals surface area contributed by atoms with Crippen LogP contribution in [-0.4, -0.2) is 30.6 Å². The van der Waals surface area contributed by atoms with Crippen molar-refractivity contribution in [1.82, 2.24) is 18.9 Å². The number of rotatable bonds is 8. The Morgan fingerprint density at radius 1 is 1.02 bits per heavy atom. The molecular weight excluding hydrogens is 599 g/mol. The smallest absolute Gasteiger partial charge is 0.264 e. The number of pyridine rings is 1. The van der Waals surface area contributed by atoms with Crippen molar-refractivity contribution in [3.8, 4) is 21.7 Å². The molecule has 0 aliphatic heterocycles. The van der Waals surface area contributed by atoms with E-state index in [-0.39, 0.29) is 23.8 Å². The Labute approximate surface area is 258 Å². The van der Waals surface area contributed by atoms with Crippen molar-refractivity contribution in [1.29, 1.82) is 0 Å². The van der Waals surface area contributed by atoms with E-state index >= 15 is 0 Å². The molecule has 0 radical (unpaired) electrons. The first kappa shape index (κ1) is 27.4. The summed E-state index contributed by atoms with van der Waals surface area (Å²) in [4.78, 5) is 38.8. The second-order valence-electron chi connectivity index (χ2n) is 10.1. The normalized spacial score (nSPS) is 11.5. The summed E-state index contributed by atoms with van der Waals surface area (Å²) in [6.45, 7) is 4.30. The number of fused-ring (bicyclic) bond motifs is 2. The lowest BCUT2D eigenvalue weighted by atomic mass is 10.1. The first-order valence-corrected chi connectivity index (χ1v) is 16.3. The second kappa shape index (κ2) is 11.3. The lowest BCUT2D eigenvalue weighted by Gasteiger charge is -2.12. The zero-order valence-corrected chi connectivity index (χ0v) is 25.7. The van der Waals surface area contributed by atoms with Gasteiger partial charge < -0.3 is 9.73 Å². The molecule has 7 aromatic rings. The van der Waals surface area contributed by atoms with Crippen LogP contribution in [-0.2, 0) is 11.3 Å². The van der Waals surface area contributed by atoms with Gasteiger partial charge in [-0.3, -0.25) is 18.6 Å². The number of carbonyl (C=O) groups is 1. The minimum atomic E-state index is -0.231. The molecule has 43 heavy (non-hydrogen) atoms. The van der Waals surface area contributed by atoms with Crippen molar-refractivity contribution in [2.45, 2.75) is 25.5 Å². The monoisotopic (exact) mass is 623 g/mol. The Balaban J connectivity index is 1.22. The Morgan fingerprint density at radius 2 is 1.88 bits per heavy atom. The highest BCUT2D eigenvalue weighted by molar-refractivity contribution is 7.99. The number of furan rings is 1. The maximum absolute atomic E-state index is 13.9. The average molecular weight is 624 g/mol. The van der Waals surface area contributed by atoms with Crippen molar-refractivity contribution in [2.75, 3.05) is 11.1 Å². The average Bonchev–Trinajstić information content (AvgIpc) is 3.80. The van der Waals surface area contributed by atoms with E-state index in [9.17, 15) is 9.59 Å². The molecule has 6 heterocycles. The molecule has 7 rings (SSSR count). The molecule has 1 aromatic carbocycles. The van der Waals surface area contributed by atoms with Crippen LogP contribution in [0.2, 0.25) is 0 Å². The molecule has 0 saturated heterocycles. The molecule has 8 nitrogen and oxygen atoms in total. The van der Waals surface area contributed by atoms with Gasteiger partial charge in [0.25, 0.3) is 5.56 Å². The van der Waals surface area contributed by atoms with E-state index < -0.39 is 0 Å². The van der Waals surface area contributed by atoms with Gasteiger partial charge >= 0.3 is 0 Å². The Hall–Kier alpha value is -4.45. The summed E-state index contributed by atoms with van der Waals surface area (Å²) < 4.78 is 9.05. The highest BCUT2D eigenvalue weighted by Gasteiger charge is 2.21. The van der Waals surface area contributed by atoms with Gasteiger partial charge in [-0.15, -0.1) is 22.7 Å². The third kappa shape index (κ3) is 5.31. The van der Waals surface area contributed by atoms with Crippen LogP contribution in [0.3, 0.4) is 0 Å². The van der Waals surface area contributed by atoms with Crippen LogP contribution in [0.5, 0.6) is 0 Å². The van der Waals surface area contributed by atoms with Gasteiger partial charge in [-0.1, -0.05) is 41.1 Å². The molecule has 0 spiro atoms. The number of hydrogen-bond donors (Lipinski definition) is 1. The van der Waals surface area contributed by atoms with Gasteiger partial charge in [-0.2, -0.15) is 0 Å². The van der Waals surface area contributed by atoms with E-state index in [1.54, 1.807) is 28.2 Å². The van der Waals surface area contributed by atoms with E-state index in [4.69, 9.17) is 14.4 Å². The standard InChI is InChI=1S/C32H25N5O3S3/c1-19-13-20(2)15-21(14-19)28-29(36-10-4-3-9-25(36)33-28)34-26(38)18-43-32-35-30-27(23(17-42-30)24-8-6-12-41-24)31(39)37(32)16-22-7-5-11-40-22/h3-15,17H,16,18H2,1-2H3,(H,34,38). The van der Waals surface area contributed by atoms with E-state index in [0.29, 0.717) is 32.6 Å². The fourth-order valence-corrected chi connectivity index (χ4v) is 7.75. The molecule has 214 valence electrons. The molecule has 0 bridgehead atoms. The zero-order chi connectivity index (χ0) is 29.5. The van der Waals surface area contributed by atoms with E-state index in [1.165, 1.54) is 23.1 Å². The van der Waals surface area contributed by atoms with Crippen LogP contribution < -0.4 is 10.9 Å². The first-order chi connectivity index (χ1) is 20.9. The maximum Gasteiger partial charge on any atom is 0.264 e. The minimum Gasteiger partial charge on any atom is -0.467 e. The second-order valence-corrected chi connectivity index (χ2v) is 12.9. The quantitative estimate of drug-likeness (QED) is 0.139. The minimum absolute atomic E-state index is 0.0472. The van der Waals surface area contributed by atoms with Crippen molar-refractivity contribution in [3.63, 3.8) is 0 Å². The summed E-state index contributed by atoms with van der Waals surface area (Å²) in [6.07, 6.45) is 3.47. The fourth-order valence-electron chi connectivity index (χ4n) is 5.15. The van der Waals surface area contributed by atoms with Crippen LogP contribution >= 0.6 is 34.4 Å². The number of thioether (sulfide) groups is 1. The number of anilines is 1. The van der Waals surface area contributed by atoms with Gasteiger partial charge in [-0.25, -0.2) is 9.97 Å². The van der Waals surface area contributed by atoms with Crippen LogP contribution in [0, 0.1) is 13.8 Å². The van der Waals surface area contributed by atoms with Crippen molar-refractivity contribution in [2.24, 2.45) is 0 Å². The predicted molar refractivity (Wildman–Crippen MR) is 174 cm³/mol. The van der Waals surface area contributed by atoms with Gasteiger partial charge in [0, 0.05) is 27.6 Å². The number of benzene rings is 1. The van der Waals surface area contributed by atoms with Crippen LogP contribution in [0.15, 0.2) is 98.3 Å². The van der Waals surface area contributed by atoms with Crippen molar-refractivity contribution >= 4 is 62.0 Å². The Kier molecular flexibility index (Phi) is 7.21. The van der Waals surface area contributed by atoms with Gasteiger partial charge in [0.2, 0.25) is 5.91 Å². The third-order valence-electron chi connectivity index (χ3n) is 6.95. The lowest BCUT2D eigenvalue weighted by molar-refractivity contribution is -0.113. The number of imidazole rings is 1. The van der Waals surface area contributed by atoms with Crippen molar-refractivity contribution in [3.05, 3.63) is 111 Å². The summed E-state index contributed by atoms with van der Waals surface area (Å²) in [5, 5.41) is 8.09. The molecule has 0 aliphatic carbocycles. The van der Waals surface area contributed by atoms with Crippen LogP contribution in [0.1, 0.15) is 16.9 Å². The molecule has 0 saturated carbocycles. The van der Waals surface area contributed by atoms with E-state index in [1.807, 2.05) is 71.6 Å². The molecule has 11 heteroatoms. The van der Waals surface area contributed by atoms with E-state index in [0.717, 1.165) is 32.8 Å². The van der Waals surface area contributed by atoms with Gasteiger partial charge in [-0.05, 0) is 61.7 Å². The number of carbonyl (C=O) groups excluding carboxylic acids is 1. The fraction of sp³-hybridized carbons (Fsp3) is 0.125. The van der Waals surface area contributed by atoms with Gasteiger partial charge in [0.05, 0.1) is 23.9 Å². The van der Waals surface area contributed by atoms with Crippen LogP contribution in [0.25, 0.3) is 37.6 Å². The third-order valence-corrected chi connectivity index (χ3v) is 9.71. The number of hydrogen-bond acceptors (Lipinski definition) is 8. The molecule has 0 fully saturated rings. The maximum atomic E-state index is 13.9. The lowest BCUT2D eigenvalue weighted by Crippen LogP contribution is -2.24. The molecule has 0 atom stereocenters. The predicted octanol–water partition coefficient (Wildman–Crippen LogP) is 7.49. The SMILES string of the molecule is Cc1cc(C)cc(-c2nc3ccccn3c2NC(=O)CSc2nc3scc(-c4cccs4)c3c(=O)n2Cc2ccco2)c1. The van der Waals surface area contributed by atoms with Crippen LogP contribution in [0.4, 0.5) is 5.82 Å². The molecule has 0 aliphatic rings. The Morgan fingerprint density at radius 3 is 2.65 bits per heavy atom. The summed E-state index contributed by atoms with van der Waals surface area (Å²) in [6, 6.07) is 19.6. The van der Waals surface area contributed by atoms with E-state index in [2.05, 4.69) is 23.5 Å². The molecular formula is C32H25N5O3S3. The zero-order valence-electron chi connectivity index (χ0n) is 23.2. The first-order valence-electron chi connectivity index (χ1n) is 13.5.